The third-order valence-corrected chi connectivity index (χ3v) is 5.63. The summed E-state index contributed by atoms with van der Waals surface area (Å²) in [7, 11) is 0. The number of amides is 1. The fourth-order valence-electron chi connectivity index (χ4n) is 4.18. The molecule has 2 aromatic rings. The van der Waals surface area contributed by atoms with Crippen LogP contribution in [0.4, 0.5) is 0 Å². The van der Waals surface area contributed by atoms with Crippen LogP contribution in [0, 0.1) is 0 Å². The Morgan fingerprint density at radius 3 is 2.89 bits per heavy atom. The maximum Gasteiger partial charge on any atom is 0.276 e. The number of hydrogen-bond donors (Lipinski definition) is 1. The van der Waals surface area contributed by atoms with Gasteiger partial charge in [0.1, 0.15) is 0 Å². The second-order valence-corrected chi connectivity index (χ2v) is 7.55. The van der Waals surface area contributed by atoms with Gasteiger partial charge in [-0.2, -0.15) is 0 Å². The molecule has 6 nitrogen and oxygen atoms in total. The van der Waals surface area contributed by atoms with Gasteiger partial charge in [-0.25, -0.2) is 4.68 Å². The Kier molecular flexibility index (Phi) is 6.40. The predicted molar refractivity (Wildman–Crippen MR) is 108 cm³/mol. The summed E-state index contributed by atoms with van der Waals surface area (Å²) in [5.41, 5.74) is 2.20. The number of fused-ring (bicyclic) bond motifs is 2. The molecule has 2 bridgehead atoms. The van der Waals surface area contributed by atoms with Crippen molar-refractivity contribution in [3.05, 3.63) is 40.7 Å². The van der Waals surface area contributed by atoms with Crippen molar-refractivity contribution >= 4 is 29.9 Å². The predicted octanol–water partition coefficient (Wildman–Crippen LogP) is 3.26. The van der Waals surface area contributed by atoms with Crippen LogP contribution in [0.2, 0.25) is 5.02 Å². The smallest absolute Gasteiger partial charge is 0.276 e. The topological polar surface area (TPSA) is 63.1 Å². The Hall–Kier alpha value is -1.63. The van der Waals surface area contributed by atoms with Crippen LogP contribution in [0.25, 0.3) is 5.69 Å². The minimum Gasteiger partial charge on any atom is -0.330 e. The lowest BCUT2D eigenvalue weighted by Gasteiger charge is -2.27. The van der Waals surface area contributed by atoms with E-state index in [1.54, 1.807) is 4.68 Å². The number of aromatic nitrogens is 3. The molecule has 0 spiro atoms. The van der Waals surface area contributed by atoms with Crippen LogP contribution in [0.5, 0.6) is 0 Å². The van der Waals surface area contributed by atoms with Crippen molar-refractivity contribution < 1.29 is 4.79 Å². The fraction of sp³-hybridized carbons (Fsp3) is 0.526. The molecule has 3 heterocycles. The summed E-state index contributed by atoms with van der Waals surface area (Å²) in [5.74, 6) is 0.0259. The maximum atomic E-state index is 13.4. The standard InChI is InChI=1S/C19H24ClN5O.ClH/c1-2-4-17-18(22-23-25(17)15-6-3-5-13(20)11-15)19(26)24-14-7-8-16(24)12-21-10-9-14;/h3,5-6,11,14,16,21H,2,4,7-10,12H2,1H3;1H. The molecule has 2 atom stereocenters. The molecule has 2 fully saturated rings. The van der Waals surface area contributed by atoms with E-state index in [-0.39, 0.29) is 24.4 Å². The van der Waals surface area contributed by atoms with Gasteiger partial charge in [0.05, 0.1) is 11.4 Å². The molecule has 1 N–H and O–H groups in total. The Labute approximate surface area is 170 Å². The molecule has 2 aliphatic rings. The first-order valence-electron chi connectivity index (χ1n) is 9.43. The first-order chi connectivity index (χ1) is 12.7. The number of nitrogens with zero attached hydrogens (tertiary/aromatic N) is 4. The number of rotatable bonds is 4. The van der Waals surface area contributed by atoms with E-state index in [2.05, 4.69) is 27.5 Å². The molecular weight excluding hydrogens is 385 g/mol. The molecule has 4 rings (SSSR count). The minimum atomic E-state index is 0. The molecule has 2 unspecified atom stereocenters. The van der Waals surface area contributed by atoms with Crippen LogP contribution in [0.15, 0.2) is 24.3 Å². The number of carbonyl (C=O) groups excluding carboxylic acids is 1. The second kappa shape index (κ2) is 8.59. The highest BCUT2D eigenvalue weighted by atomic mass is 35.5. The van der Waals surface area contributed by atoms with Crippen molar-refractivity contribution in [2.75, 3.05) is 13.1 Å². The zero-order valence-electron chi connectivity index (χ0n) is 15.4. The van der Waals surface area contributed by atoms with E-state index in [0.717, 1.165) is 56.6 Å². The van der Waals surface area contributed by atoms with Gasteiger partial charge in [-0.15, -0.1) is 17.5 Å². The SMILES string of the molecule is CCCc1c(C(=O)N2C3CCNCC2CC3)nnn1-c1cccc(Cl)c1.Cl. The van der Waals surface area contributed by atoms with Gasteiger partial charge in [0.15, 0.2) is 5.69 Å². The average Bonchev–Trinajstić information content (AvgIpc) is 3.14. The molecule has 146 valence electrons. The van der Waals surface area contributed by atoms with E-state index in [0.29, 0.717) is 16.8 Å². The first-order valence-corrected chi connectivity index (χ1v) is 9.80. The van der Waals surface area contributed by atoms with Gasteiger partial charge in [-0.3, -0.25) is 4.79 Å². The van der Waals surface area contributed by atoms with Gasteiger partial charge in [0.2, 0.25) is 0 Å². The third kappa shape index (κ3) is 3.84. The summed E-state index contributed by atoms with van der Waals surface area (Å²) >= 11 is 6.14. The minimum absolute atomic E-state index is 0. The maximum absolute atomic E-state index is 13.4. The highest BCUT2D eigenvalue weighted by molar-refractivity contribution is 6.30. The Balaban J connectivity index is 0.00000210. The van der Waals surface area contributed by atoms with Crippen molar-refractivity contribution in [1.82, 2.24) is 25.2 Å². The molecule has 0 radical (unpaired) electrons. The average molecular weight is 410 g/mol. The normalized spacial score (nSPS) is 21.6. The van der Waals surface area contributed by atoms with Gasteiger partial charge in [0.25, 0.3) is 5.91 Å². The summed E-state index contributed by atoms with van der Waals surface area (Å²) in [5, 5.41) is 12.7. The third-order valence-electron chi connectivity index (χ3n) is 5.39. The molecule has 27 heavy (non-hydrogen) atoms. The monoisotopic (exact) mass is 409 g/mol. The van der Waals surface area contributed by atoms with Crippen molar-refractivity contribution in [1.29, 1.82) is 0 Å². The number of halogens is 2. The summed E-state index contributed by atoms with van der Waals surface area (Å²) in [6.07, 6.45) is 4.83. The zero-order valence-corrected chi connectivity index (χ0v) is 17.0. The van der Waals surface area contributed by atoms with E-state index in [4.69, 9.17) is 11.6 Å². The summed E-state index contributed by atoms with van der Waals surface area (Å²) in [6, 6.07) is 8.08. The van der Waals surface area contributed by atoms with Crippen LogP contribution in [0.1, 0.15) is 48.8 Å². The van der Waals surface area contributed by atoms with E-state index in [9.17, 15) is 4.79 Å². The second-order valence-electron chi connectivity index (χ2n) is 7.12. The van der Waals surface area contributed by atoms with Crippen molar-refractivity contribution in [2.24, 2.45) is 0 Å². The highest BCUT2D eigenvalue weighted by Crippen LogP contribution is 2.30. The van der Waals surface area contributed by atoms with Gasteiger partial charge in [0, 0.05) is 23.7 Å². The van der Waals surface area contributed by atoms with Crippen molar-refractivity contribution in [2.45, 2.75) is 51.1 Å². The number of hydrogen-bond acceptors (Lipinski definition) is 4. The lowest BCUT2D eigenvalue weighted by Crippen LogP contribution is -2.43. The van der Waals surface area contributed by atoms with Crippen LogP contribution in [-0.4, -0.2) is 51.0 Å². The molecule has 0 saturated carbocycles. The van der Waals surface area contributed by atoms with Crippen LogP contribution in [0.3, 0.4) is 0 Å². The molecule has 0 aliphatic carbocycles. The molecule has 1 amide bonds. The number of carbonyl (C=O) groups is 1. The quantitative estimate of drug-likeness (QED) is 0.841. The Bertz CT molecular complexity index is 795. The van der Waals surface area contributed by atoms with Crippen molar-refractivity contribution in [3.63, 3.8) is 0 Å². The highest BCUT2D eigenvalue weighted by Gasteiger charge is 2.40. The lowest BCUT2D eigenvalue weighted by molar-refractivity contribution is 0.0673. The Morgan fingerprint density at radius 2 is 2.11 bits per heavy atom. The van der Waals surface area contributed by atoms with Crippen LogP contribution < -0.4 is 5.32 Å². The molecule has 2 saturated heterocycles. The zero-order chi connectivity index (χ0) is 18.1. The van der Waals surface area contributed by atoms with Crippen LogP contribution in [-0.2, 0) is 6.42 Å². The Morgan fingerprint density at radius 1 is 1.30 bits per heavy atom. The first kappa shape index (κ1) is 20.1. The van der Waals surface area contributed by atoms with Gasteiger partial charge >= 0.3 is 0 Å². The van der Waals surface area contributed by atoms with E-state index >= 15 is 0 Å². The van der Waals surface area contributed by atoms with Crippen molar-refractivity contribution in [3.8, 4) is 5.69 Å². The van der Waals surface area contributed by atoms with Gasteiger partial charge in [-0.1, -0.05) is 36.2 Å². The number of benzene rings is 1. The van der Waals surface area contributed by atoms with Gasteiger partial charge in [-0.05, 0) is 50.4 Å². The van der Waals surface area contributed by atoms with Gasteiger partial charge < -0.3 is 10.2 Å². The van der Waals surface area contributed by atoms with E-state index in [1.807, 2.05) is 24.3 Å². The fourth-order valence-corrected chi connectivity index (χ4v) is 4.36. The molecule has 1 aromatic carbocycles. The lowest BCUT2D eigenvalue weighted by atomic mass is 10.1. The molecule has 8 heteroatoms. The summed E-state index contributed by atoms with van der Waals surface area (Å²) in [4.78, 5) is 15.4. The summed E-state index contributed by atoms with van der Waals surface area (Å²) in [6.45, 7) is 3.94. The van der Waals surface area contributed by atoms with E-state index in [1.165, 1.54) is 0 Å². The summed E-state index contributed by atoms with van der Waals surface area (Å²) < 4.78 is 1.76. The largest absolute Gasteiger partial charge is 0.330 e. The molecule has 1 aromatic heterocycles. The van der Waals surface area contributed by atoms with Crippen LogP contribution >= 0.6 is 24.0 Å². The molecular formula is C19H25Cl2N5O. The molecule has 2 aliphatic heterocycles. The van der Waals surface area contributed by atoms with E-state index < -0.39 is 0 Å². The number of nitrogens with one attached hydrogen (secondary N) is 1.